The minimum atomic E-state index is -0.505. The molecule has 0 aliphatic heterocycles. The van der Waals surface area contributed by atoms with Crippen molar-refractivity contribution in [2.45, 2.75) is 19.4 Å². The summed E-state index contributed by atoms with van der Waals surface area (Å²) in [7, 11) is 0. The number of benzene rings is 2. The normalized spacial score (nSPS) is 14.2. The van der Waals surface area contributed by atoms with Gasteiger partial charge in [-0.15, -0.1) is 0 Å². The van der Waals surface area contributed by atoms with Crippen LogP contribution in [0.1, 0.15) is 23.6 Å². The number of rotatable bonds is 2. The fraction of sp³-hybridized carbons (Fsp3) is 0.167. The van der Waals surface area contributed by atoms with Gasteiger partial charge in [0.05, 0.1) is 11.1 Å². The van der Waals surface area contributed by atoms with Gasteiger partial charge in [0, 0.05) is 11.6 Å². The molecular formula is C18H18N2. The average Bonchev–Trinajstić information content (AvgIpc) is 2.47. The van der Waals surface area contributed by atoms with Crippen LogP contribution in [0.2, 0.25) is 0 Å². The molecule has 2 heteroatoms. The van der Waals surface area contributed by atoms with E-state index < -0.39 is 5.54 Å². The van der Waals surface area contributed by atoms with Gasteiger partial charge in [0.15, 0.2) is 0 Å². The largest absolute Gasteiger partial charge is 0.318 e. The molecule has 0 amide bonds. The minimum absolute atomic E-state index is 0.505. The fourth-order valence-corrected chi connectivity index (χ4v) is 2.71. The fourth-order valence-electron chi connectivity index (χ4n) is 2.71. The van der Waals surface area contributed by atoms with Gasteiger partial charge in [0.2, 0.25) is 0 Å². The first-order valence-corrected chi connectivity index (χ1v) is 6.79. The van der Waals surface area contributed by atoms with Crippen molar-refractivity contribution in [3.8, 4) is 0 Å². The first kappa shape index (κ1) is 12.8. The second-order valence-corrected chi connectivity index (χ2v) is 5.43. The SMILES string of the molecule is Cc1ccccc1C(C)(N)c1ccc2ncccc2c1. The van der Waals surface area contributed by atoms with Gasteiger partial charge in [0.1, 0.15) is 0 Å². The van der Waals surface area contributed by atoms with Crippen molar-refractivity contribution >= 4 is 10.9 Å². The number of aromatic nitrogens is 1. The third kappa shape index (κ3) is 2.08. The Labute approximate surface area is 119 Å². The molecule has 1 aromatic heterocycles. The highest BCUT2D eigenvalue weighted by molar-refractivity contribution is 5.79. The molecule has 3 rings (SSSR count). The summed E-state index contributed by atoms with van der Waals surface area (Å²) in [6, 6.07) is 18.5. The monoisotopic (exact) mass is 262 g/mol. The number of hydrogen-bond donors (Lipinski definition) is 1. The first-order chi connectivity index (χ1) is 9.59. The predicted molar refractivity (Wildman–Crippen MR) is 83.6 cm³/mol. The lowest BCUT2D eigenvalue weighted by atomic mass is 9.83. The third-order valence-corrected chi connectivity index (χ3v) is 3.91. The zero-order chi connectivity index (χ0) is 14.2. The number of hydrogen-bond acceptors (Lipinski definition) is 2. The predicted octanol–water partition coefficient (Wildman–Crippen LogP) is 3.77. The summed E-state index contributed by atoms with van der Waals surface area (Å²) in [4.78, 5) is 4.35. The minimum Gasteiger partial charge on any atom is -0.318 e. The molecule has 100 valence electrons. The van der Waals surface area contributed by atoms with Gasteiger partial charge in [-0.25, -0.2) is 0 Å². The van der Waals surface area contributed by atoms with Crippen molar-refractivity contribution in [3.63, 3.8) is 0 Å². The Morgan fingerprint density at radius 2 is 1.80 bits per heavy atom. The summed E-state index contributed by atoms with van der Waals surface area (Å²) in [5.41, 5.74) is 10.6. The lowest BCUT2D eigenvalue weighted by molar-refractivity contribution is 0.600. The number of nitrogens with two attached hydrogens (primary N) is 1. The summed E-state index contributed by atoms with van der Waals surface area (Å²) >= 11 is 0. The van der Waals surface area contributed by atoms with Gasteiger partial charge in [-0.2, -0.15) is 0 Å². The number of pyridine rings is 1. The molecule has 0 aliphatic carbocycles. The molecule has 0 radical (unpaired) electrons. The van der Waals surface area contributed by atoms with Gasteiger partial charge in [0.25, 0.3) is 0 Å². The molecule has 0 spiro atoms. The van der Waals surface area contributed by atoms with Crippen LogP contribution in [0.15, 0.2) is 60.8 Å². The number of nitrogens with zero attached hydrogens (tertiary/aromatic N) is 1. The van der Waals surface area contributed by atoms with E-state index in [1.54, 1.807) is 0 Å². The van der Waals surface area contributed by atoms with Gasteiger partial charge < -0.3 is 5.73 Å². The zero-order valence-electron chi connectivity index (χ0n) is 11.8. The number of fused-ring (bicyclic) bond motifs is 1. The zero-order valence-corrected chi connectivity index (χ0v) is 11.8. The van der Waals surface area contributed by atoms with Crippen LogP contribution in [0, 0.1) is 6.92 Å². The van der Waals surface area contributed by atoms with Crippen LogP contribution in [0.5, 0.6) is 0 Å². The van der Waals surface area contributed by atoms with E-state index in [1.807, 2.05) is 30.5 Å². The second kappa shape index (κ2) is 4.73. The van der Waals surface area contributed by atoms with E-state index in [9.17, 15) is 0 Å². The molecule has 0 bridgehead atoms. The molecule has 2 aromatic carbocycles. The van der Waals surface area contributed by atoms with E-state index in [4.69, 9.17) is 5.73 Å². The van der Waals surface area contributed by atoms with E-state index in [-0.39, 0.29) is 0 Å². The molecule has 1 atom stereocenters. The molecule has 2 N–H and O–H groups in total. The Kier molecular flexibility index (Phi) is 3.03. The van der Waals surface area contributed by atoms with E-state index in [0.717, 1.165) is 22.0 Å². The third-order valence-electron chi connectivity index (χ3n) is 3.91. The second-order valence-electron chi connectivity index (χ2n) is 5.43. The van der Waals surface area contributed by atoms with E-state index in [2.05, 4.69) is 49.2 Å². The van der Waals surface area contributed by atoms with Crippen LogP contribution < -0.4 is 5.73 Å². The van der Waals surface area contributed by atoms with Crippen LogP contribution in [-0.4, -0.2) is 4.98 Å². The first-order valence-electron chi connectivity index (χ1n) is 6.79. The molecule has 0 aliphatic rings. The van der Waals surface area contributed by atoms with Gasteiger partial charge in [-0.05, 0) is 48.7 Å². The maximum atomic E-state index is 6.63. The van der Waals surface area contributed by atoms with Crippen molar-refractivity contribution in [1.29, 1.82) is 0 Å². The van der Waals surface area contributed by atoms with Crippen molar-refractivity contribution in [3.05, 3.63) is 77.5 Å². The van der Waals surface area contributed by atoms with Gasteiger partial charge >= 0.3 is 0 Å². The Morgan fingerprint density at radius 1 is 1.00 bits per heavy atom. The Hall–Kier alpha value is -2.19. The van der Waals surface area contributed by atoms with Gasteiger partial charge in [-0.3, -0.25) is 4.98 Å². The molecule has 1 heterocycles. The van der Waals surface area contributed by atoms with Crippen molar-refractivity contribution < 1.29 is 0 Å². The molecule has 1 unspecified atom stereocenters. The topological polar surface area (TPSA) is 38.9 Å². The van der Waals surface area contributed by atoms with Crippen molar-refractivity contribution in [2.75, 3.05) is 0 Å². The maximum absolute atomic E-state index is 6.63. The van der Waals surface area contributed by atoms with Crippen LogP contribution in [0.4, 0.5) is 0 Å². The highest BCUT2D eigenvalue weighted by atomic mass is 14.7. The Bertz CT molecular complexity index is 760. The molecule has 0 fully saturated rings. The lowest BCUT2D eigenvalue weighted by Crippen LogP contribution is -2.35. The van der Waals surface area contributed by atoms with Crippen molar-refractivity contribution in [1.82, 2.24) is 4.98 Å². The molecule has 3 aromatic rings. The molecule has 20 heavy (non-hydrogen) atoms. The maximum Gasteiger partial charge on any atom is 0.0702 e. The standard InChI is InChI=1S/C18H18N2/c1-13-6-3-4-8-16(13)18(2,19)15-9-10-17-14(12-15)7-5-11-20-17/h3-12H,19H2,1-2H3. The molecule has 0 saturated heterocycles. The summed E-state index contributed by atoms with van der Waals surface area (Å²) < 4.78 is 0. The molecule has 0 saturated carbocycles. The quantitative estimate of drug-likeness (QED) is 0.763. The highest BCUT2D eigenvalue weighted by Crippen LogP contribution is 2.30. The molecule has 2 nitrogen and oxygen atoms in total. The lowest BCUT2D eigenvalue weighted by Gasteiger charge is -2.28. The van der Waals surface area contributed by atoms with E-state index in [1.165, 1.54) is 5.56 Å². The Morgan fingerprint density at radius 3 is 2.60 bits per heavy atom. The summed E-state index contributed by atoms with van der Waals surface area (Å²) in [5.74, 6) is 0. The summed E-state index contributed by atoms with van der Waals surface area (Å²) in [5, 5.41) is 1.12. The van der Waals surface area contributed by atoms with Gasteiger partial charge in [-0.1, -0.05) is 36.4 Å². The van der Waals surface area contributed by atoms with E-state index in [0.29, 0.717) is 0 Å². The average molecular weight is 262 g/mol. The molecular weight excluding hydrogens is 244 g/mol. The van der Waals surface area contributed by atoms with Crippen LogP contribution in [0.3, 0.4) is 0 Å². The highest BCUT2D eigenvalue weighted by Gasteiger charge is 2.25. The van der Waals surface area contributed by atoms with Crippen LogP contribution in [-0.2, 0) is 5.54 Å². The number of aryl methyl sites for hydroxylation is 1. The smallest absolute Gasteiger partial charge is 0.0702 e. The van der Waals surface area contributed by atoms with Crippen LogP contribution in [0.25, 0.3) is 10.9 Å². The summed E-state index contributed by atoms with van der Waals surface area (Å²) in [6.45, 7) is 4.16. The van der Waals surface area contributed by atoms with E-state index >= 15 is 0 Å². The van der Waals surface area contributed by atoms with Crippen LogP contribution >= 0.6 is 0 Å². The summed E-state index contributed by atoms with van der Waals surface area (Å²) in [6.07, 6.45) is 1.81. The Balaban J connectivity index is 2.16. The van der Waals surface area contributed by atoms with Crippen molar-refractivity contribution in [2.24, 2.45) is 5.73 Å².